The first-order valence-corrected chi connectivity index (χ1v) is 7.13. The molecule has 20 heavy (non-hydrogen) atoms. The monoisotopic (exact) mass is 300 g/mol. The lowest BCUT2D eigenvalue weighted by Crippen LogP contribution is -2.32. The molecule has 1 aromatic rings. The maximum absolute atomic E-state index is 11.6. The number of aromatic nitrogens is 1. The van der Waals surface area contributed by atoms with Crippen LogP contribution in [0.5, 0.6) is 0 Å². The van der Waals surface area contributed by atoms with Crippen molar-refractivity contribution in [1.29, 1.82) is 0 Å². The molecule has 0 saturated heterocycles. The predicted octanol–water partition coefficient (Wildman–Crippen LogP) is 1.23. The van der Waals surface area contributed by atoms with Crippen molar-refractivity contribution in [3.05, 3.63) is 5.56 Å². The molecule has 0 saturated carbocycles. The number of rotatable bonds is 7. The summed E-state index contributed by atoms with van der Waals surface area (Å²) in [6.45, 7) is 4.35. The fourth-order valence-electron chi connectivity index (χ4n) is 1.46. The van der Waals surface area contributed by atoms with Crippen LogP contribution in [0.25, 0.3) is 0 Å². The molecule has 1 rings (SSSR count). The van der Waals surface area contributed by atoms with Gasteiger partial charge in [0, 0.05) is 19.0 Å². The molecule has 0 aliphatic rings. The number of esters is 1. The van der Waals surface area contributed by atoms with E-state index in [4.69, 9.17) is 5.73 Å². The zero-order valence-corrected chi connectivity index (χ0v) is 12.7. The predicted molar refractivity (Wildman–Crippen MR) is 78.9 cm³/mol. The minimum absolute atomic E-state index is 0.0380. The maximum atomic E-state index is 11.6. The fourth-order valence-corrected chi connectivity index (χ4v) is 2.19. The highest BCUT2D eigenvalue weighted by Crippen LogP contribution is 2.27. The summed E-state index contributed by atoms with van der Waals surface area (Å²) < 4.78 is 8.54. The molecule has 0 spiro atoms. The summed E-state index contributed by atoms with van der Waals surface area (Å²) in [6, 6.07) is 0.159. The zero-order chi connectivity index (χ0) is 15.1. The topological polar surface area (TPSA) is 106 Å². The van der Waals surface area contributed by atoms with E-state index in [0.717, 1.165) is 18.0 Å². The standard InChI is InChI=1S/C12H20N4O3S/c1-4-7(2)15-8(17)5-6-14-11-9(12(18)19-3)10(13)16-20-11/h7,14H,4-6H2,1-3H3,(H2,13,16)(H,15,17). The van der Waals surface area contributed by atoms with Gasteiger partial charge in [-0.2, -0.15) is 4.37 Å². The van der Waals surface area contributed by atoms with E-state index in [0.29, 0.717) is 18.0 Å². The lowest BCUT2D eigenvalue weighted by Gasteiger charge is -2.11. The molecule has 1 aromatic heterocycles. The van der Waals surface area contributed by atoms with Crippen LogP contribution < -0.4 is 16.4 Å². The Morgan fingerprint density at radius 3 is 2.80 bits per heavy atom. The number of nitrogens with one attached hydrogen (secondary N) is 2. The van der Waals surface area contributed by atoms with E-state index in [1.165, 1.54) is 7.11 Å². The zero-order valence-electron chi connectivity index (χ0n) is 11.9. The highest BCUT2D eigenvalue weighted by Gasteiger charge is 2.19. The Morgan fingerprint density at radius 2 is 2.20 bits per heavy atom. The van der Waals surface area contributed by atoms with Crippen molar-refractivity contribution in [2.45, 2.75) is 32.7 Å². The summed E-state index contributed by atoms with van der Waals surface area (Å²) in [5, 5.41) is 6.37. The average Bonchev–Trinajstić information content (AvgIpc) is 2.79. The highest BCUT2D eigenvalue weighted by atomic mass is 32.1. The molecule has 112 valence electrons. The molecule has 1 amide bonds. The number of hydrogen-bond acceptors (Lipinski definition) is 7. The van der Waals surface area contributed by atoms with Gasteiger partial charge in [0.15, 0.2) is 5.82 Å². The number of carbonyl (C=O) groups excluding carboxylic acids is 2. The van der Waals surface area contributed by atoms with Gasteiger partial charge in [0.2, 0.25) is 5.91 Å². The number of nitrogens with zero attached hydrogens (tertiary/aromatic N) is 1. The maximum Gasteiger partial charge on any atom is 0.344 e. The molecule has 0 fully saturated rings. The van der Waals surface area contributed by atoms with Crippen LogP contribution in [-0.4, -0.2) is 35.9 Å². The number of hydrogen-bond donors (Lipinski definition) is 3. The first-order chi connectivity index (χ1) is 9.49. The average molecular weight is 300 g/mol. The van der Waals surface area contributed by atoms with E-state index < -0.39 is 5.97 Å². The Kier molecular flexibility index (Phi) is 6.23. The molecule has 0 bridgehead atoms. The van der Waals surface area contributed by atoms with Gasteiger partial charge < -0.3 is 21.1 Å². The van der Waals surface area contributed by atoms with Gasteiger partial charge in [-0.05, 0) is 24.9 Å². The van der Waals surface area contributed by atoms with E-state index in [2.05, 4.69) is 19.7 Å². The van der Waals surface area contributed by atoms with Crippen LogP contribution in [0.4, 0.5) is 10.8 Å². The van der Waals surface area contributed by atoms with E-state index >= 15 is 0 Å². The van der Waals surface area contributed by atoms with Crippen LogP contribution >= 0.6 is 11.5 Å². The summed E-state index contributed by atoms with van der Waals surface area (Å²) in [5.41, 5.74) is 5.83. The first kappa shape index (κ1) is 16.2. The summed E-state index contributed by atoms with van der Waals surface area (Å²) in [6.07, 6.45) is 1.19. The molecule has 7 nitrogen and oxygen atoms in total. The van der Waals surface area contributed by atoms with Crippen molar-refractivity contribution in [3.63, 3.8) is 0 Å². The Balaban J connectivity index is 2.51. The van der Waals surface area contributed by atoms with Crippen molar-refractivity contribution in [1.82, 2.24) is 9.69 Å². The van der Waals surface area contributed by atoms with Crippen LogP contribution in [-0.2, 0) is 9.53 Å². The van der Waals surface area contributed by atoms with Gasteiger partial charge in [-0.3, -0.25) is 4.79 Å². The largest absolute Gasteiger partial charge is 0.465 e. The smallest absolute Gasteiger partial charge is 0.344 e. The summed E-state index contributed by atoms with van der Waals surface area (Å²) >= 11 is 1.07. The molecule has 4 N–H and O–H groups in total. The van der Waals surface area contributed by atoms with Crippen molar-refractivity contribution >= 4 is 34.2 Å². The normalized spacial score (nSPS) is 11.8. The third kappa shape index (κ3) is 4.37. The summed E-state index contributed by atoms with van der Waals surface area (Å²) in [5.74, 6) is -0.444. The third-order valence-corrected chi connectivity index (χ3v) is 3.58. The lowest BCUT2D eigenvalue weighted by molar-refractivity contribution is -0.121. The molecule has 0 aromatic carbocycles. The third-order valence-electron chi connectivity index (χ3n) is 2.77. The van der Waals surface area contributed by atoms with Crippen LogP contribution in [0.2, 0.25) is 0 Å². The highest BCUT2D eigenvalue weighted by molar-refractivity contribution is 7.11. The second-order valence-electron chi connectivity index (χ2n) is 4.32. The Bertz CT molecular complexity index is 475. The van der Waals surface area contributed by atoms with Gasteiger partial charge in [0.25, 0.3) is 0 Å². The van der Waals surface area contributed by atoms with Crippen molar-refractivity contribution in [2.75, 3.05) is 24.7 Å². The van der Waals surface area contributed by atoms with Crippen LogP contribution in [0, 0.1) is 0 Å². The second-order valence-corrected chi connectivity index (χ2v) is 5.09. The number of anilines is 2. The van der Waals surface area contributed by atoms with Crippen LogP contribution in [0.3, 0.4) is 0 Å². The van der Waals surface area contributed by atoms with Gasteiger partial charge in [-0.25, -0.2) is 4.79 Å². The molecule has 1 atom stereocenters. The number of nitrogen functional groups attached to an aromatic ring is 1. The minimum Gasteiger partial charge on any atom is -0.465 e. The van der Waals surface area contributed by atoms with Crippen molar-refractivity contribution < 1.29 is 14.3 Å². The van der Waals surface area contributed by atoms with E-state index in [1.807, 2.05) is 13.8 Å². The van der Waals surface area contributed by atoms with Gasteiger partial charge in [-0.15, -0.1) is 0 Å². The van der Waals surface area contributed by atoms with Gasteiger partial charge >= 0.3 is 5.97 Å². The molecular formula is C12H20N4O3S. The molecule has 0 radical (unpaired) electrons. The summed E-state index contributed by atoms with van der Waals surface area (Å²) in [7, 11) is 1.28. The lowest BCUT2D eigenvalue weighted by atomic mass is 10.2. The fraction of sp³-hybridized carbons (Fsp3) is 0.583. The molecule has 1 unspecified atom stereocenters. The molecule has 1 heterocycles. The van der Waals surface area contributed by atoms with Crippen LogP contribution in [0.1, 0.15) is 37.0 Å². The van der Waals surface area contributed by atoms with Crippen LogP contribution in [0.15, 0.2) is 0 Å². The molecule has 8 heteroatoms. The Hall–Kier alpha value is -1.83. The number of carbonyl (C=O) groups is 2. The molecule has 0 aliphatic carbocycles. The Labute approximate surface area is 122 Å². The first-order valence-electron chi connectivity index (χ1n) is 6.36. The second kappa shape index (κ2) is 7.68. The summed E-state index contributed by atoms with van der Waals surface area (Å²) in [4.78, 5) is 23.1. The quantitative estimate of drug-likeness (QED) is 0.654. The van der Waals surface area contributed by atoms with E-state index in [-0.39, 0.29) is 23.3 Å². The SMILES string of the molecule is CCC(C)NC(=O)CCNc1snc(N)c1C(=O)OC. The van der Waals surface area contributed by atoms with Gasteiger partial charge in [-0.1, -0.05) is 6.92 Å². The molecule has 0 aliphatic heterocycles. The minimum atomic E-state index is -0.539. The number of ether oxygens (including phenoxy) is 1. The number of methoxy groups -OCH3 is 1. The number of nitrogens with two attached hydrogens (primary N) is 1. The van der Waals surface area contributed by atoms with Crippen molar-refractivity contribution in [2.24, 2.45) is 0 Å². The van der Waals surface area contributed by atoms with E-state index in [9.17, 15) is 9.59 Å². The molecular weight excluding hydrogens is 280 g/mol. The van der Waals surface area contributed by atoms with Gasteiger partial charge in [0.05, 0.1) is 7.11 Å². The number of amides is 1. The van der Waals surface area contributed by atoms with Crippen molar-refractivity contribution in [3.8, 4) is 0 Å². The Morgan fingerprint density at radius 1 is 1.50 bits per heavy atom. The van der Waals surface area contributed by atoms with Gasteiger partial charge in [0.1, 0.15) is 10.6 Å². The van der Waals surface area contributed by atoms with E-state index in [1.54, 1.807) is 0 Å².